The van der Waals surface area contributed by atoms with Crippen LogP contribution in [0.25, 0.3) is 0 Å². The molecule has 7 heteroatoms. The van der Waals surface area contributed by atoms with Gasteiger partial charge in [-0.1, -0.05) is 32.9 Å². The van der Waals surface area contributed by atoms with E-state index in [1.54, 1.807) is 4.68 Å². The molecule has 0 spiro atoms. The molecule has 0 aliphatic carbocycles. The Labute approximate surface area is 157 Å². The van der Waals surface area contributed by atoms with Crippen molar-refractivity contribution in [2.24, 2.45) is 0 Å². The molecular weight excluding hydrogens is 355 g/mol. The average Bonchev–Trinajstić information content (AvgIpc) is 2.90. The zero-order valence-electron chi connectivity index (χ0n) is 16.5. The van der Waals surface area contributed by atoms with E-state index in [4.69, 9.17) is 0 Å². The van der Waals surface area contributed by atoms with Gasteiger partial charge in [-0.25, -0.2) is 4.68 Å². The van der Waals surface area contributed by atoms with E-state index in [9.17, 15) is 18.0 Å². The van der Waals surface area contributed by atoms with Gasteiger partial charge in [0.1, 0.15) is 5.82 Å². The monoisotopic (exact) mass is 381 g/mol. The first-order chi connectivity index (χ1) is 12.2. The van der Waals surface area contributed by atoms with Crippen molar-refractivity contribution < 1.29 is 18.0 Å². The first-order valence-electron chi connectivity index (χ1n) is 8.75. The number of nitrogens with one attached hydrogen (secondary N) is 1. The highest BCUT2D eigenvalue weighted by Crippen LogP contribution is 2.30. The van der Waals surface area contributed by atoms with Crippen LogP contribution in [0.5, 0.6) is 0 Å². The van der Waals surface area contributed by atoms with Crippen LogP contribution in [0.15, 0.2) is 30.3 Å². The molecule has 1 aromatic carbocycles. The summed E-state index contributed by atoms with van der Waals surface area (Å²) in [6, 6.07) is 6.46. The summed E-state index contributed by atoms with van der Waals surface area (Å²) in [7, 11) is 0. The highest BCUT2D eigenvalue weighted by molar-refractivity contribution is 5.91. The van der Waals surface area contributed by atoms with Crippen molar-refractivity contribution in [3.05, 3.63) is 47.2 Å². The summed E-state index contributed by atoms with van der Waals surface area (Å²) in [5.74, 6) is 0.268. The molecule has 1 aromatic heterocycles. The lowest BCUT2D eigenvalue weighted by Crippen LogP contribution is -2.27. The van der Waals surface area contributed by atoms with Crippen molar-refractivity contribution in [3.63, 3.8) is 0 Å². The van der Waals surface area contributed by atoms with Crippen LogP contribution < -0.4 is 5.32 Å². The summed E-state index contributed by atoms with van der Waals surface area (Å²) in [6.45, 7) is 12.1. The number of alkyl halides is 3. The predicted octanol–water partition coefficient (Wildman–Crippen LogP) is 5.14. The van der Waals surface area contributed by atoms with Crippen molar-refractivity contribution in [1.29, 1.82) is 0 Å². The van der Waals surface area contributed by atoms with Gasteiger partial charge >= 0.3 is 6.18 Å². The van der Waals surface area contributed by atoms with Crippen LogP contribution in [0.4, 0.5) is 19.0 Å². The van der Waals surface area contributed by atoms with Crippen LogP contribution in [0.1, 0.15) is 58.4 Å². The fourth-order valence-corrected chi connectivity index (χ4v) is 2.53. The summed E-state index contributed by atoms with van der Waals surface area (Å²) in [5.41, 5.74) is 0.122. The summed E-state index contributed by atoms with van der Waals surface area (Å²) < 4.78 is 39.7. The minimum atomic E-state index is -4.39. The first kappa shape index (κ1) is 21.0. The second kappa shape index (κ2) is 7.02. The zero-order chi connectivity index (χ0) is 20.6. The highest BCUT2D eigenvalue weighted by atomic mass is 19.4. The first-order valence-corrected chi connectivity index (χ1v) is 8.75. The number of rotatable bonds is 3. The van der Waals surface area contributed by atoms with E-state index in [1.165, 1.54) is 12.1 Å². The van der Waals surface area contributed by atoms with Gasteiger partial charge in [-0.2, -0.15) is 18.3 Å². The van der Waals surface area contributed by atoms with Crippen LogP contribution >= 0.6 is 0 Å². The maximum absolute atomic E-state index is 12.6. The van der Waals surface area contributed by atoms with Crippen LogP contribution in [-0.2, 0) is 28.3 Å². The Hall–Kier alpha value is -2.31. The number of carbonyl (C=O) groups excluding carboxylic acids is 1. The van der Waals surface area contributed by atoms with Crippen molar-refractivity contribution in [1.82, 2.24) is 9.78 Å². The molecular formula is C20H26F3N3O. The summed E-state index contributed by atoms with van der Waals surface area (Å²) in [6.07, 6.45) is -4.40. The Morgan fingerprint density at radius 2 is 1.59 bits per heavy atom. The Morgan fingerprint density at radius 3 is 2.04 bits per heavy atom. The van der Waals surface area contributed by atoms with Gasteiger partial charge in [-0.15, -0.1) is 0 Å². The molecule has 2 aromatic rings. The molecule has 0 radical (unpaired) electrons. The number of aromatic nitrogens is 2. The summed E-state index contributed by atoms with van der Waals surface area (Å²) in [4.78, 5) is 12.4. The molecule has 1 amide bonds. The number of hydrogen-bond donors (Lipinski definition) is 1. The zero-order valence-corrected chi connectivity index (χ0v) is 16.5. The van der Waals surface area contributed by atoms with Crippen molar-refractivity contribution >= 4 is 11.7 Å². The molecule has 0 fully saturated rings. The van der Waals surface area contributed by atoms with E-state index in [0.717, 1.165) is 17.8 Å². The van der Waals surface area contributed by atoms with Crippen LogP contribution in [0.2, 0.25) is 0 Å². The maximum atomic E-state index is 12.6. The molecule has 0 aliphatic heterocycles. The molecule has 0 saturated carbocycles. The van der Waals surface area contributed by atoms with E-state index in [-0.39, 0.29) is 23.3 Å². The number of benzene rings is 1. The normalized spacial score (nSPS) is 12.9. The second-order valence-electron chi connectivity index (χ2n) is 8.67. The minimum Gasteiger partial charge on any atom is -0.311 e. The molecule has 148 valence electrons. The minimum absolute atomic E-state index is 0.0156. The van der Waals surface area contributed by atoms with Crippen molar-refractivity contribution in [2.45, 2.75) is 65.1 Å². The van der Waals surface area contributed by atoms with Gasteiger partial charge in [-0.05, 0) is 38.5 Å². The summed E-state index contributed by atoms with van der Waals surface area (Å²) in [5, 5.41) is 7.47. The van der Waals surface area contributed by atoms with Crippen LogP contribution in [0.3, 0.4) is 0 Å². The maximum Gasteiger partial charge on any atom is 0.416 e. The van der Waals surface area contributed by atoms with Gasteiger partial charge < -0.3 is 5.32 Å². The lowest BCUT2D eigenvalue weighted by atomic mass is 9.92. The molecule has 0 bridgehead atoms. The largest absolute Gasteiger partial charge is 0.416 e. The third kappa shape index (κ3) is 5.34. The third-order valence-corrected chi connectivity index (χ3v) is 4.03. The number of nitrogens with zero attached hydrogens (tertiary/aromatic N) is 2. The number of carbonyl (C=O) groups is 1. The molecule has 0 unspecified atom stereocenters. The topological polar surface area (TPSA) is 46.9 Å². The van der Waals surface area contributed by atoms with Crippen molar-refractivity contribution in [2.75, 3.05) is 5.32 Å². The standard InChI is InChI=1S/C20H26F3N3O/c1-18(2,3)15-12-16(26(25-15)19(4,5)6)24-17(27)11-13-7-9-14(10-8-13)20(21,22)23/h7-10,12H,11H2,1-6H3,(H,24,27). The molecule has 1 heterocycles. The highest BCUT2D eigenvalue weighted by Gasteiger charge is 2.30. The molecule has 1 N–H and O–H groups in total. The fraction of sp³-hybridized carbons (Fsp3) is 0.500. The van der Waals surface area contributed by atoms with E-state index in [0.29, 0.717) is 11.4 Å². The van der Waals surface area contributed by atoms with E-state index < -0.39 is 11.7 Å². The van der Waals surface area contributed by atoms with Gasteiger partial charge in [0, 0.05) is 11.5 Å². The molecule has 4 nitrogen and oxygen atoms in total. The lowest BCUT2D eigenvalue weighted by Gasteiger charge is -2.23. The fourth-order valence-electron chi connectivity index (χ4n) is 2.53. The van der Waals surface area contributed by atoms with Gasteiger partial charge in [0.05, 0.1) is 23.2 Å². The Balaban J connectivity index is 2.19. The smallest absolute Gasteiger partial charge is 0.311 e. The second-order valence-corrected chi connectivity index (χ2v) is 8.67. The predicted molar refractivity (Wildman–Crippen MR) is 99.7 cm³/mol. The lowest BCUT2D eigenvalue weighted by molar-refractivity contribution is -0.137. The Bertz CT molecular complexity index is 807. The number of anilines is 1. The van der Waals surface area contributed by atoms with E-state index >= 15 is 0 Å². The number of amides is 1. The van der Waals surface area contributed by atoms with Crippen molar-refractivity contribution in [3.8, 4) is 0 Å². The quantitative estimate of drug-likeness (QED) is 0.801. The molecule has 27 heavy (non-hydrogen) atoms. The number of hydrogen-bond acceptors (Lipinski definition) is 2. The molecule has 0 aliphatic rings. The van der Waals surface area contributed by atoms with E-state index in [2.05, 4.69) is 10.4 Å². The SMILES string of the molecule is CC(C)(C)c1cc(NC(=O)Cc2ccc(C(F)(F)F)cc2)n(C(C)(C)C)n1. The van der Waals surface area contributed by atoms with Crippen LogP contribution in [0, 0.1) is 0 Å². The van der Waals surface area contributed by atoms with Crippen LogP contribution in [-0.4, -0.2) is 15.7 Å². The van der Waals surface area contributed by atoms with Gasteiger partial charge in [-0.3, -0.25) is 4.79 Å². The summed E-state index contributed by atoms with van der Waals surface area (Å²) >= 11 is 0. The molecule has 0 saturated heterocycles. The number of halogens is 3. The average molecular weight is 381 g/mol. The van der Waals surface area contributed by atoms with Gasteiger partial charge in [0.2, 0.25) is 5.91 Å². The molecule has 2 rings (SSSR count). The van der Waals surface area contributed by atoms with Gasteiger partial charge in [0.15, 0.2) is 0 Å². The van der Waals surface area contributed by atoms with Gasteiger partial charge in [0.25, 0.3) is 0 Å². The molecule has 0 atom stereocenters. The van der Waals surface area contributed by atoms with E-state index in [1.807, 2.05) is 47.6 Å². The Morgan fingerprint density at radius 1 is 1.04 bits per heavy atom. The Kier molecular flexibility index (Phi) is 5.46. The third-order valence-electron chi connectivity index (χ3n) is 4.03.